The van der Waals surface area contributed by atoms with E-state index in [9.17, 15) is 22.8 Å². The molecule has 0 radical (unpaired) electrons. The second-order valence-corrected chi connectivity index (χ2v) is 5.54. The van der Waals surface area contributed by atoms with E-state index in [2.05, 4.69) is 16.0 Å². The Morgan fingerprint density at radius 1 is 1.19 bits per heavy atom. The molecule has 0 saturated carbocycles. The lowest BCUT2D eigenvalue weighted by atomic mass is 10.0. The first-order valence-electron chi connectivity index (χ1n) is 7.76. The van der Waals surface area contributed by atoms with Gasteiger partial charge in [-0.25, -0.2) is 4.79 Å². The van der Waals surface area contributed by atoms with E-state index >= 15 is 0 Å². The highest BCUT2D eigenvalue weighted by Gasteiger charge is 2.30. The van der Waals surface area contributed by atoms with Crippen molar-refractivity contribution in [1.82, 2.24) is 16.0 Å². The maximum atomic E-state index is 12.7. The van der Waals surface area contributed by atoms with Gasteiger partial charge in [0.05, 0.1) is 24.9 Å². The van der Waals surface area contributed by atoms with Crippen LogP contribution in [0.25, 0.3) is 0 Å². The number of carbonyl (C=O) groups excluding carboxylic acids is 2. The van der Waals surface area contributed by atoms with Crippen molar-refractivity contribution in [3.63, 3.8) is 0 Å². The first-order valence-corrected chi connectivity index (χ1v) is 7.76. The molecular weight excluding hydrogens is 351 g/mol. The Balaban J connectivity index is 1.78. The zero-order valence-corrected chi connectivity index (χ0v) is 13.9. The van der Waals surface area contributed by atoms with Gasteiger partial charge in [0.25, 0.3) is 0 Å². The molecule has 0 aliphatic rings. The number of hydrogen-bond donors (Lipinski definition) is 3. The van der Waals surface area contributed by atoms with Crippen molar-refractivity contribution in [1.29, 1.82) is 0 Å². The minimum Gasteiger partial charge on any atom is -0.467 e. The molecule has 3 amide bonds. The van der Waals surface area contributed by atoms with E-state index in [4.69, 9.17) is 4.42 Å². The molecular formula is C17H18F3N3O3. The molecule has 2 rings (SSSR count). The van der Waals surface area contributed by atoms with Crippen molar-refractivity contribution in [3.8, 4) is 0 Å². The van der Waals surface area contributed by atoms with Gasteiger partial charge < -0.3 is 15.1 Å². The second kappa shape index (κ2) is 8.52. The quantitative estimate of drug-likeness (QED) is 0.731. The maximum absolute atomic E-state index is 12.7. The molecule has 1 heterocycles. The molecule has 1 aromatic heterocycles. The van der Waals surface area contributed by atoms with Gasteiger partial charge in [-0.15, -0.1) is 0 Å². The summed E-state index contributed by atoms with van der Waals surface area (Å²) < 4.78 is 43.2. The van der Waals surface area contributed by atoms with E-state index in [0.717, 1.165) is 12.1 Å². The van der Waals surface area contributed by atoms with Gasteiger partial charge in [0.1, 0.15) is 5.76 Å². The highest BCUT2D eigenvalue weighted by molar-refractivity contribution is 5.95. The Hall–Kier alpha value is -2.81. The van der Waals surface area contributed by atoms with Crippen molar-refractivity contribution in [3.05, 3.63) is 59.5 Å². The standard InChI is InChI=1S/C17H18F3N3O3/c1-11(12-4-2-5-13(8-12)17(18,19)20)21-10-15(24)23-16(25)22-9-14-6-3-7-26-14/h2-8,11,21H,9-10H2,1H3,(H2,22,23,24,25)/t11-/m1/s1. The minimum absolute atomic E-state index is 0.125. The SMILES string of the molecule is C[C@@H](NCC(=O)NC(=O)NCc1ccco1)c1cccc(C(F)(F)F)c1. The Morgan fingerprint density at radius 2 is 1.96 bits per heavy atom. The molecule has 3 N–H and O–H groups in total. The Morgan fingerprint density at radius 3 is 2.62 bits per heavy atom. The summed E-state index contributed by atoms with van der Waals surface area (Å²) in [7, 11) is 0. The second-order valence-electron chi connectivity index (χ2n) is 5.54. The van der Waals surface area contributed by atoms with E-state index < -0.39 is 29.7 Å². The monoisotopic (exact) mass is 369 g/mol. The lowest BCUT2D eigenvalue weighted by molar-refractivity contribution is -0.137. The molecule has 26 heavy (non-hydrogen) atoms. The average molecular weight is 369 g/mol. The van der Waals surface area contributed by atoms with Crippen LogP contribution < -0.4 is 16.0 Å². The minimum atomic E-state index is -4.43. The summed E-state index contributed by atoms with van der Waals surface area (Å²) in [5.41, 5.74) is -0.375. The summed E-state index contributed by atoms with van der Waals surface area (Å²) in [6.45, 7) is 1.52. The van der Waals surface area contributed by atoms with Crippen LogP contribution in [0.15, 0.2) is 47.1 Å². The molecule has 0 aliphatic heterocycles. The summed E-state index contributed by atoms with van der Waals surface area (Å²) in [5, 5.41) is 7.33. The number of urea groups is 1. The van der Waals surface area contributed by atoms with Crippen molar-refractivity contribution >= 4 is 11.9 Å². The van der Waals surface area contributed by atoms with E-state index in [1.165, 1.54) is 18.4 Å². The fraction of sp³-hybridized carbons (Fsp3) is 0.294. The Bertz CT molecular complexity index is 745. The lowest BCUT2D eigenvalue weighted by Crippen LogP contribution is -2.43. The third-order valence-electron chi connectivity index (χ3n) is 3.54. The van der Waals surface area contributed by atoms with Gasteiger partial charge >= 0.3 is 12.2 Å². The van der Waals surface area contributed by atoms with Gasteiger partial charge in [-0.1, -0.05) is 12.1 Å². The molecule has 0 spiro atoms. The topological polar surface area (TPSA) is 83.4 Å². The predicted octanol–water partition coefficient (Wildman–Crippen LogP) is 2.98. The zero-order chi connectivity index (χ0) is 19.2. The average Bonchev–Trinajstić information content (AvgIpc) is 3.11. The number of rotatable bonds is 6. The fourth-order valence-corrected chi connectivity index (χ4v) is 2.14. The molecule has 6 nitrogen and oxygen atoms in total. The van der Waals surface area contributed by atoms with Crippen LogP contribution in [0.5, 0.6) is 0 Å². The number of furan rings is 1. The highest BCUT2D eigenvalue weighted by atomic mass is 19.4. The van der Waals surface area contributed by atoms with E-state index in [1.807, 2.05) is 0 Å². The third-order valence-corrected chi connectivity index (χ3v) is 3.54. The number of amides is 3. The zero-order valence-electron chi connectivity index (χ0n) is 13.9. The molecule has 9 heteroatoms. The van der Waals surface area contributed by atoms with E-state index in [-0.39, 0.29) is 13.1 Å². The fourth-order valence-electron chi connectivity index (χ4n) is 2.14. The van der Waals surface area contributed by atoms with Gasteiger partial charge in [-0.2, -0.15) is 13.2 Å². The van der Waals surface area contributed by atoms with E-state index in [1.54, 1.807) is 19.1 Å². The van der Waals surface area contributed by atoms with Gasteiger partial charge in [0, 0.05) is 6.04 Å². The van der Waals surface area contributed by atoms with Crippen LogP contribution in [0.3, 0.4) is 0 Å². The van der Waals surface area contributed by atoms with Crippen LogP contribution in [-0.4, -0.2) is 18.5 Å². The van der Waals surface area contributed by atoms with E-state index in [0.29, 0.717) is 11.3 Å². The first-order chi connectivity index (χ1) is 12.3. The van der Waals surface area contributed by atoms with Gasteiger partial charge in [-0.3, -0.25) is 10.1 Å². The number of alkyl halides is 3. The Kier molecular flexibility index (Phi) is 6.40. The largest absolute Gasteiger partial charge is 0.467 e. The van der Waals surface area contributed by atoms with Crippen LogP contribution >= 0.6 is 0 Å². The Labute approximate surface area is 147 Å². The number of benzene rings is 1. The van der Waals surface area contributed by atoms with Crippen LogP contribution in [0.1, 0.15) is 29.9 Å². The van der Waals surface area contributed by atoms with Crippen LogP contribution in [-0.2, 0) is 17.5 Å². The number of nitrogens with one attached hydrogen (secondary N) is 3. The molecule has 0 fully saturated rings. The lowest BCUT2D eigenvalue weighted by Gasteiger charge is -2.16. The molecule has 0 saturated heterocycles. The van der Waals surface area contributed by atoms with Crippen molar-refractivity contribution in [2.24, 2.45) is 0 Å². The summed E-state index contributed by atoms with van der Waals surface area (Å²) in [4.78, 5) is 23.3. The number of hydrogen-bond acceptors (Lipinski definition) is 4. The number of carbonyl (C=O) groups is 2. The molecule has 1 aromatic carbocycles. The van der Waals surface area contributed by atoms with Crippen molar-refractivity contribution < 1.29 is 27.2 Å². The predicted molar refractivity (Wildman–Crippen MR) is 86.9 cm³/mol. The number of imide groups is 1. The normalized spacial score (nSPS) is 12.5. The molecule has 0 bridgehead atoms. The van der Waals surface area contributed by atoms with Crippen LogP contribution in [0.4, 0.5) is 18.0 Å². The van der Waals surface area contributed by atoms with Gasteiger partial charge in [0.15, 0.2) is 0 Å². The molecule has 140 valence electrons. The summed E-state index contributed by atoms with van der Waals surface area (Å²) in [6.07, 6.45) is -2.97. The smallest absolute Gasteiger partial charge is 0.416 e. The van der Waals surface area contributed by atoms with Gasteiger partial charge in [-0.05, 0) is 36.8 Å². The molecule has 0 unspecified atom stereocenters. The van der Waals surface area contributed by atoms with Crippen molar-refractivity contribution in [2.75, 3.05) is 6.54 Å². The van der Waals surface area contributed by atoms with Crippen molar-refractivity contribution in [2.45, 2.75) is 25.7 Å². The van der Waals surface area contributed by atoms with Crippen LogP contribution in [0.2, 0.25) is 0 Å². The summed E-state index contributed by atoms with van der Waals surface area (Å²) >= 11 is 0. The first kappa shape index (κ1) is 19.5. The van der Waals surface area contributed by atoms with Gasteiger partial charge in [0.2, 0.25) is 5.91 Å². The molecule has 0 aliphatic carbocycles. The summed E-state index contributed by atoms with van der Waals surface area (Å²) in [6, 6.07) is 6.96. The maximum Gasteiger partial charge on any atom is 0.416 e. The third kappa shape index (κ3) is 5.92. The summed E-state index contributed by atoms with van der Waals surface area (Å²) in [5.74, 6) is -0.0790. The van der Waals surface area contributed by atoms with Crippen LogP contribution in [0, 0.1) is 0 Å². The number of halogens is 3. The molecule has 1 atom stereocenters. The highest BCUT2D eigenvalue weighted by Crippen LogP contribution is 2.30. The molecule has 2 aromatic rings.